The Bertz CT molecular complexity index is 576. The summed E-state index contributed by atoms with van der Waals surface area (Å²) in [6, 6.07) is -0.500. The van der Waals surface area contributed by atoms with E-state index in [1.807, 2.05) is 27.0 Å². The first-order valence-electron chi connectivity index (χ1n) is 7.82. The van der Waals surface area contributed by atoms with Crippen molar-refractivity contribution < 1.29 is 19.4 Å². The second kappa shape index (κ2) is 6.70. The Morgan fingerprint density at radius 1 is 1.48 bits per heavy atom. The third kappa shape index (κ3) is 3.72. The molecule has 2 rings (SSSR count). The second-order valence-electron chi connectivity index (χ2n) is 6.90. The summed E-state index contributed by atoms with van der Waals surface area (Å²) < 4.78 is 6.87. The van der Waals surface area contributed by atoms with Crippen LogP contribution in [0.5, 0.6) is 0 Å². The fraction of sp³-hybridized carbons (Fsp3) is 0.688. The van der Waals surface area contributed by atoms with Gasteiger partial charge in [0, 0.05) is 31.8 Å². The van der Waals surface area contributed by atoms with Crippen LogP contribution in [0.4, 0.5) is 0 Å². The van der Waals surface area contributed by atoms with Crippen molar-refractivity contribution in [3.63, 3.8) is 0 Å². The largest absolute Gasteiger partial charge is 0.481 e. The quantitative estimate of drug-likeness (QED) is 0.890. The number of hydrogen-bond acceptors (Lipinski definition) is 4. The minimum absolute atomic E-state index is 0.0342. The summed E-state index contributed by atoms with van der Waals surface area (Å²) >= 11 is 0. The Morgan fingerprint density at radius 3 is 2.70 bits per heavy atom. The Kier molecular flexibility index (Phi) is 5.09. The summed E-state index contributed by atoms with van der Waals surface area (Å²) in [5.74, 6) is -1.54. The number of hydrogen-bond donors (Lipinski definition) is 1. The summed E-state index contributed by atoms with van der Waals surface area (Å²) in [5.41, 5.74) is 0.559. The number of amides is 1. The average Bonchev–Trinajstić information content (AvgIpc) is 2.94. The molecule has 0 aliphatic carbocycles. The van der Waals surface area contributed by atoms with Gasteiger partial charge in [0.15, 0.2) is 0 Å². The van der Waals surface area contributed by atoms with Crippen LogP contribution in [-0.4, -0.2) is 51.9 Å². The molecule has 1 N–H and O–H groups in total. The third-order valence-corrected chi connectivity index (χ3v) is 4.19. The van der Waals surface area contributed by atoms with Crippen LogP contribution < -0.4 is 0 Å². The highest BCUT2D eigenvalue weighted by Gasteiger charge is 2.41. The van der Waals surface area contributed by atoms with E-state index in [-0.39, 0.29) is 17.9 Å². The van der Waals surface area contributed by atoms with Crippen LogP contribution in [0.15, 0.2) is 12.4 Å². The maximum Gasteiger partial charge on any atom is 0.308 e. The molecule has 0 aromatic carbocycles. The van der Waals surface area contributed by atoms with Crippen molar-refractivity contribution in [3.05, 3.63) is 18.0 Å². The number of likely N-dealkylation sites (tertiary alicyclic amines) is 1. The molecule has 1 aliphatic rings. The Labute approximate surface area is 136 Å². The Morgan fingerprint density at radius 2 is 2.17 bits per heavy atom. The fourth-order valence-corrected chi connectivity index (χ4v) is 2.93. The molecule has 23 heavy (non-hydrogen) atoms. The van der Waals surface area contributed by atoms with Crippen molar-refractivity contribution in [2.24, 2.45) is 5.92 Å². The number of aliphatic carboxylic acids is 1. The molecule has 0 saturated carbocycles. The van der Waals surface area contributed by atoms with Gasteiger partial charge in [0.05, 0.1) is 30.3 Å². The van der Waals surface area contributed by atoms with Crippen molar-refractivity contribution in [1.82, 2.24) is 14.7 Å². The zero-order valence-electron chi connectivity index (χ0n) is 14.2. The van der Waals surface area contributed by atoms with Gasteiger partial charge in [-0.25, -0.2) is 0 Å². The maximum atomic E-state index is 12.3. The summed E-state index contributed by atoms with van der Waals surface area (Å²) in [4.78, 5) is 25.6. The number of ether oxygens (including phenoxy) is 1. The smallest absolute Gasteiger partial charge is 0.308 e. The lowest BCUT2D eigenvalue weighted by atomic mass is 9.85. The van der Waals surface area contributed by atoms with Gasteiger partial charge in [-0.2, -0.15) is 5.10 Å². The number of carboxylic acid groups (broad SMARTS) is 1. The third-order valence-electron chi connectivity index (χ3n) is 4.19. The molecule has 1 fully saturated rings. The number of carboxylic acids is 1. The van der Waals surface area contributed by atoms with Crippen LogP contribution in [0, 0.1) is 5.92 Å². The Hall–Kier alpha value is -1.89. The molecule has 0 spiro atoms. The molecule has 1 amide bonds. The van der Waals surface area contributed by atoms with E-state index in [9.17, 15) is 14.7 Å². The lowest BCUT2D eigenvalue weighted by Gasteiger charge is -2.39. The molecule has 2 heterocycles. The topological polar surface area (TPSA) is 84.7 Å². The van der Waals surface area contributed by atoms with E-state index >= 15 is 0 Å². The van der Waals surface area contributed by atoms with E-state index in [1.54, 1.807) is 22.9 Å². The van der Waals surface area contributed by atoms with Crippen molar-refractivity contribution in [2.45, 2.75) is 45.2 Å². The van der Waals surface area contributed by atoms with Crippen LogP contribution in [0.2, 0.25) is 0 Å². The molecule has 7 heteroatoms. The molecule has 1 aromatic rings. The van der Waals surface area contributed by atoms with E-state index in [4.69, 9.17) is 4.74 Å². The molecular formula is C16H25N3O4. The molecule has 1 aliphatic heterocycles. The van der Waals surface area contributed by atoms with Gasteiger partial charge in [0.2, 0.25) is 5.91 Å². The van der Waals surface area contributed by atoms with Gasteiger partial charge in [0.1, 0.15) is 0 Å². The minimum Gasteiger partial charge on any atom is -0.481 e. The molecule has 0 radical (unpaired) electrons. The van der Waals surface area contributed by atoms with Crippen molar-refractivity contribution >= 4 is 11.9 Å². The second-order valence-corrected chi connectivity index (χ2v) is 6.90. The highest BCUT2D eigenvalue weighted by molar-refractivity contribution is 5.81. The van der Waals surface area contributed by atoms with Crippen LogP contribution in [0.3, 0.4) is 0 Å². The number of carbonyl (C=O) groups excluding carboxylic acids is 1. The van der Waals surface area contributed by atoms with Crippen molar-refractivity contribution in [1.29, 1.82) is 0 Å². The highest BCUT2D eigenvalue weighted by Crippen LogP contribution is 2.37. The molecule has 7 nitrogen and oxygen atoms in total. The van der Waals surface area contributed by atoms with Crippen LogP contribution >= 0.6 is 0 Å². The molecule has 0 bridgehead atoms. The first-order valence-corrected chi connectivity index (χ1v) is 7.82. The molecule has 128 valence electrons. The first-order chi connectivity index (χ1) is 10.8. The van der Waals surface area contributed by atoms with E-state index in [2.05, 4.69) is 5.10 Å². The molecule has 0 unspecified atom stereocenters. The normalized spacial score (nSPS) is 22.4. The van der Waals surface area contributed by atoms with Gasteiger partial charge in [-0.1, -0.05) is 0 Å². The van der Waals surface area contributed by atoms with Gasteiger partial charge >= 0.3 is 5.97 Å². The summed E-state index contributed by atoms with van der Waals surface area (Å²) in [6.07, 6.45) is 4.12. The van der Waals surface area contributed by atoms with Crippen molar-refractivity contribution in [2.75, 3.05) is 20.3 Å². The summed E-state index contributed by atoms with van der Waals surface area (Å²) in [7, 11) is 1.57. The van der Waals surface area contributed by atoms with E-state index in [1.165, 1.54) is 0 Å². The van der Waals surface area contributed by atoms with E-state index < -0.39 is 17.9 Å². The first kappa shape index (κ1) is 17.5. The number of rotatable bonds is 5. The SMILES string of the molecule is COCCN1C(=O)CC[C@@H](C(=O)O)[C@@H]1c1cnn(C(C)(C)C)c1. The predicted molar refractivity (Wildman–Crippen MR) is 83.9 cm³/mol. The maximum absolute atomic E-state index is 12.3. The lowest BCUT2D eigenvalue weighted by molar-refractivity contribution is -0.152. The number of methoxy groups -OCH3 is 1. The van der Waals surface area contributed by atoms with Gasteiger partial charge in [-0.05, 0) is 27.2 Å². The van der Waals surface area contributed by atoms with Crippen LogP contribution in [0.1, 0.15) is 45.2 Å². The number of piperidine rings is 1. The Balaban J connectivity index is 2.38. The number of nitrogens with zero attached hydrogens (tertiary/aromatic N) is 3. The van der Waals surface area contributed by atoms with Crippen LogP contribution in [0.25, 0.3) is 0 Å². The molecular weight excluding hydrogens is 298 g/mol. The zero-order valence-corrected chi connectivity index (χ0v) is 14.2. The monoisotopic (exact) mass is 323 g/mol. The fourth-order valence-electron chi connectivity index (χ4n) is 2.93. The van der Waals surface area contributed by atoms with Gasteiger partial charge in [-0.3, -0.25) is 14.3 Å². The highest BCUT2D eigenvalue weighted by atomic mass is 16.5. The van der Waals surface area contributed by atoms with Gasteiger partial charge in [0.25, 0.3) is 0 Å². The minimum atomic E-state index is -0.881. The predicted octanol–water partition coefficient (Wildman–Crippen LogP) is 1.65. The molecule has 1 aromatic heterocycles. The van der Waals surface area contributed by atoms with E-state index in [0.717, 1.165) is 5.56 Å². The standard InChI is InChI=1S/C16H25N3O4/c1-16(2,3)19-10-11(9-17-19)14-12(15(21)22)5-6-13(20)18(14)7-8-23-4/h9-10,12,14H,5-8H2,1-4H3,(H,21,22)/t12-,14+/m1/s1. The van der Waals surface area contributed by atoms with E-state index in [0.29, 0.717) is 19.6 Å². The molecule has 2 atom stereocenters. The summed E-state index contributed by atoms with van der Waals surface area (Å²) in [5, 5.41) is 13.9. The van der Waals surface area contributed by atoms with Crippen LogP contribution in [-0.2, 0) is 19.9 Å². The number of carbonyl (C=O) groups is 2. The van der Waals surface area contributed by atoms with Gasteiger partial charge in [-0.15, -0.1) is 0 Å². The zero-order chi connectivity index (χ0) is 17.2. The lowest BCUT2D eigenvalue weighted by Crippen LogP contribution is -2.46. The summed E-state index contributed by atoms with van der Waals surface area (Å²) in [6.45, 7) is 6.82. The van der Waals surface area contributed by atoms with Gasteiger partial charge < -0.3 is 14.7 Å². The average molecular weight is 323 g/mol. The number of aromatic nitrogens is 2. The van der Waals surface area contributed by atoms with Crippen molar-refractivity contribution in [3.8, 4) is 0 Å². The molecule has 1 saturated heterocycles.